The number of urea groups is 1. The first-order valence-corrected chi connectivity index (χ1v) is 6.96. The molecule has 5 nitrogen and oxygen atoms in total. The van der Waals surface area contributed by atoms with Crippen molar-refractivity contribution in [2.24, 2.45) is 0 Å². The number of amides is 2. The Bertz CT molecular complexity index is 234. The Kier molecular flexibility index (Phi) is 4.06. The molecular weight excluding hydrogens is 219 g/mol. The molecule has 1 aliphatic heterocycles. The smallest absolute Gasteiger partial charge is 0.387 e. The molecule has 1 unspecified atom stereocenters. The van der Waals surface area contributed by atoms with E-state index in [1.165, 1.54) is 0 Å². The van der Waals surface area contributed by atoms with Crippen LogP contribution in [0.1, 0.15) is 19.8 Å². The molecule has 1 aliphatic rings. The zero-order valence-corrected chi connectivity index (χ0v) is 9.74. The number of hydrogen-bond acceptors (Lipinski definition) is 3. The Morgan fingerprint density at radius 2 is 2.33 bits per heavy atom. The Balaban J connectivity index is 2.37. The van der Waals surface area contributed by atoms with Gasteiger partial charge in [-0.1, -0.05) is 6.92 Å². The standard InChI is InChI=1S/C8H17FN2O3Si/c1-2-7(15(9,13)14)3-5-11-6-4-10-8(11)12/h7,13-14H,2-6H2,1H3,(H,10,12). The lowest BCUT2D eigenvalue weighted by Gasteiger charge is -2.21. The van der Waals surface area contributed by atoms with Gasteiger partial charge in [0, 0.05) is 25.2 Å². The van der Waals surface area contributed by atoms with Crippen LogP contribution < -0.4 is 5.32 Å². The van der Waals surface area contributed by atoms with E-state index in [-0.39, 0.29) is 6.03 Å². The SMILES string of the molecule is CCC(CCN1CCNC1=O)[Si](O)(O)F. The molecule has 0 spiro atoms. The van der Waals surface area contributed by atoms with Crippen molar-refractivity contribution in [2.75, 3.05) is 19.6 Å². The molecule has 1 fully saturated rings. The highest BCUT2D eigenvalue weighted by atomic mass is 28.4. The van der Waals surface area contributed by atoms with Crippen LogP contribution >= 0.6 is 0 Å². The maximum Gasteiger partial charge on any atom is 0.537 e. The van der Waals surface area contributed by atoms with Gasteiger partial charge in [-0.05, 0) is 12.8 Å². The summed E-state index contributed by atoms with van der Waals surface area (Å²) < 4.78 is 13.0. The first-order valence-electron chi connectivity index (χ1n) is 5.11. The molecule has 0 saturated carbocycles. The van der Waals surface area contributed by atoms with E-state index in [4.69, 9.17) is 9.59 Å². The van der Waals surface area contributed by atoms with E-state index in [1.54, 1.807) is 11.8 Å². The van der Waals surface area contributed by atoms with Crippen LogP contribution in [0.5, 0.6) is 0 Å². The fourth-order valence-corrected chi connectivity index (χ4v) is 2.70. The van der Waals surface area contributed by atoms with Gasteiger partial charge in [-0.2, -0.15) is 0 Å². The molecule has 0 aromatic heterocycles. The average molecular weight is 236 g/mol. The molecule has 1 heterocycles. The second-order valence-corrected chi connectivity index (χ2v) is 5.84. The fourth-order valence-electron chi connectivity index (χ4n) is 1.68. The van der Waals surface area contributed by atoms with Crippen LogP contribution in [-0.4, -0.2) is 49.1 Å². The van der Waals surface area contributed by atoms with Crippen molar-refractivity contribution in [3.8, 4) is 0 Å². The maximum atomic E-state index is 13.0. The number of hydrogen-bond donors (Lipinski definition) is 3. The number of carbonyl (C=O) groups is 1. The lowest BCUT2D eigenvalue weighted by atomic mass is 10.2. The molecule has 1 saturated heterocycles. The quantitative estimate of drug-likeness (QED) is 0.467. The van der Waals surface area contributed by atoms with Crippen LogP contribution in [-0.2, 0) is 0 Å². The van der Waals surface area contributed by atoms with E-state index in [0.717, 1.165) is 0 Å². The number of nitrogens with zero attached hydrogens (tertiary/aromatic N) is 1. The van der Waals surface area contributed by atoms with Gasteiger partial charge in [0.05, 0.1) is 0 Å². The topological polar surface area (TPSA) is 72.8 Å². The van der Waals surface area contributed by atoms with E-state index in [2.05, 4.69) is 5.32 Å². The van der Waals surface area contributed by atoms with Crippen LogP contribution in [0.15, 0.2) is 0 Å². The third kappa shape index (κ3) is 3.44. The predicted octanol–water partition coefficient (Wildman–Crippen LogP) is 0.0749. The molecule has 1 atom stereocenters. The third-order valence-electron chi connectivity index (χ3n) is 2.70. The molecule has 15 heavy (non-hydrogen) atoms. The minimum Gasteiger partial charge on any atom is -0.387 e. The Labute approximate surface area is 89.3 Å². The molecule has 88 valence electrons. The summed E-state index contributed by atoms with van der Waals surface area (Å²) in [6.07, 6.45) is 0.685. The van der Waals surface area contributed by atoms with Gasteiger partial charge in [-0.25, -0.2) is 8.90 Å². The van der Waals surface area contributed by atoms with Gasteiger partial charge in [0.15, 0.2) is 0 Å². The van der Waals surface area contributed by atoms with Crippen LogP contribution in [0.2, 0.25) is 5.54 Å². The zero-order valence-electron chi connectivity index (χ0n) is 8.74. The summed E-state index contributed by atoms with van der Waals surface area (Å²) in [4.78, 5) is 30.5. The highest BCUT2D eigenvalue weighted by Gasteiger charge is 2.40. The predicted molar refractivity (Wildman–Crippen MR) is 54.9 cm³/mol. The van der Waals surface area contributed by atoms with Gasteiger partial charge in [0.1, 0.15) is 0 Å². The average Bonchev–Trinajstić information content (AvgIpc) is 2.50. The lowest BCUT2D eigenvalue weighted by molar-refractivity contribution is 0.212. The van der Waals surface area contributed by atoms with Crippen molar-refractivity contribution in [1.82, 2.24) is 10.2 Å². The summed E-state index contributed by atoms with van der Waals surface area (Å²) in [5.74, 6) is 0. The summed E-state index contributed by atoms with van der Waals surface area (Å²) in [6.45, 7) is 3.30. The minimum absolute atomic E-state index is 0.160. The van der Waals surface area contributed by atoms with Crippen molar-refractivity contribution in [3.63, 3.8) is 0 Å². The number of rotatable bonds is 5. The monoisotopic (exact) mass is 236 g/mol. The van der Waals surface area contributed by atoms with Gasteiger partial charge in [-0.15, -0.1) is 0 Å². The Morgan fingerprint density at radius 1 is 1.67 bits per heavy atom. The van der Waals surface area contributed by atoms with Crippen LogP contribution in [0.25, 0.3) is 0 Å². The fraction of sp³-hybridized carbons (Fsp3) is 0.875. The second-order valence-electron chi connectivity index (χ2n) is 3.75. The normalized spacial score (nSPS) is 19.2. The summed E-state index contributed by atoms with van der Waals surface area (Å²) in [5.41, 5.74) is -0.717. The molecule has 0 aromatic rings. The largest absolute Gasteiger partial charge is 0.537 e. The summed E-state index contributed by atoms with van der Waals surface area (Å²) >= 11 is 0. The molecule has 3 N–H and O–H groups in total. The molecule has 0 bridgehead atoms. The summed E-state index contributed by atoms with van der Waals surface area (Å²) in [6, 6.07) is -0.160. The number of halogens is 1. The van der Waals surface area contributed by atoms with Crippen molar-refractivity contribution >= 4 is 14.9 Å². The zero-order chi connectivity index (χ0) is 11.5. The lowest BCUT2D eigenvalue weighted by Crippen LogP contribution is -2.38. The third-order valence-corrected chi connectivity index (χ3v) is 4.44. The van der Waals surface area contributed by atoms with Gasteiger partial charge in [0.2, 0.25) is 0 Å². The van der Waals surface area contributed by atoms with E-state index in [9.17, 15) is 8.90 Å². The van der Waals surface area contributed by atoms with Crippen LogP contribution in [0.4, 0.5) is 8.90 Å². The highest BCUT2D eigenvalue weighted by molar-refractivity contribution is 6.58. The van der Waals surface area contributed by atoms with E-state index in [1.807, 2.05) is 0 Å². The minimum atomic E-state index is -4.54. The van der Waals surface area contributed by atoms with E-state index >= 15 is 0 Å². The molecule has 0 aliphatic carbocycles. The van der Waals surface area contributed by atoms with Gasteiger partial charge in [-0.3, -0.25) is 0 Å². The number of carbonyl (C=O) groups excluding carboxylic acids is 1. The van der Waals surface area contributed by atoms with Crippen LogP contribution in [0, 0.1) is 0 Å². The first kappa shape index (κ1) is 12.4. The first-order chi connectivity index (χ1) is 6.95. The summed E-state index contributed by atoms with van der Waals surface area (Å²) in [7, 11) is -4.54. The molecule has 2 amide bonds. The molecular formula is C8H17FN2O3Si. The molecule has 1 rings (SSSR count). The molecule has 0 aromatic carbocycles. The highest BCUT2D eigenvalue weighted by Crippen LogP contribution is 2.26. The van der Waals surface area contributed by atoms with E-state index in [0.29, 0.717) is 32.5 Å². The maximum absolute atomic E-state index is 13.0. The van der Waals surface area contributed by atoms with Gasteiger partial charge >= 0.3 is 14.9 Å². The van der Waals surface area contributed by atoms with Gasteiger partial charge < -0.3 is 19.8 Å². The van der Waals surface area contributed by atoms with E-state index < -0.39 is 14.4 Å². The van der Waals surface area contributed by atoms with Crippen molar-refractivity contribution < 1.29 is 18.5 Å². The molecule has 0 radical (unpaired) electrons. The Hall–Kier alpha value is -0.663. The number of nitrogens with one attached hydrogen (secondary N) is 1. The molecule has 7 heteroatoms. The Morgan fingerprint density at radius 3 is 2.73 bits per heavy atom. The van der Waals surface area contributed by atoms with Gasteiger partial charge in [0.25, 0.3) is 0 Å². The van der Waals surface area contributed by atoms with Crippen molar-refractivity contribution in [3.05, 3.63) is 0 Å². The van der Waals surface area contributed by atoms with Crippen molar-refractivity contribution in [1.29, 1.82) is 0 Å². The van der Waals surface area contributed by atoms with Crippen LogP contribution in [0.3, 0.4) is 0 Å². The summed E-state index contributed by atoms with van der Waals surface area (Å²) in [5, 5.41) is 2.63. The second kappa shape index (κ2) is 4.91. The van der Waals surface area contributed by atoms with Crippen molar-refractivity contribution in [2.45, 2.75) is 25.3 Å².